The Morgan fingerprint density at radius 2 is 1.48 bits per heavy atom. The van der Waals surface area contributed by atoms with Crippen LogP contribution in [-0.4, -0.2) is 5.11 Å². The maximum absolute atomic E-state index is 9.99. The molecule has 1 aromatic carbocycles. The molecule has 110 valence electrons. The lowest BCUT2D eigenvalue weighted by Crippen LogP contribution is -1.95. The van der Waals surface area contributed by atoms with Crippen LogP contribution in [0.15, 0.2) is 66.0 Å². The molecule has 0 bridgehead atoms. The van der Waals surface area contributed by atoms with Gasteiger partial charge in [0.1, 0.15) is 6.10 Å². The predicted octanol–water partition coefficient (Wildman–Crippen LogP) is 6.87. The van der Waals surface area contributed by atoms with Crippen LogP contribution in [0.1, 0.15) is 16.5 Å². The Morgan fingerprint density at radius 3 is 1.90 bits per heavy atom. The number of aliphatic hydroxyl groups excluding tert-OH is 1. The van der Waals surface area contributed by atoms with Gasteiger partial charge in [0.2, 0.25) is 0 Å². The Bertz CT molecular complexity index is 663. The van der Waals surface area contributed by atoms with E-state index in [0.29, 0.717) is 0 Å². The quantitative estimate of drug-likeness (QED) is 0.399. The molecular weight excluding hydrogens is 500 g/mol. The molecule has 0 fully saturated rings. The minimum atomic E-state index is -0.507. The molecule has 0 aliphatic carbocycles. The van der Waals surface area contributed by atoms with Crippen LogP contribution in [0, 0.1) is 0 Å². The van der Waals surface area contributed by atoms with Gasteiger partial charge in [0.05, 0.1) is 3.79 Å². The number of hydrogen-bond acceptors (Lipinski definition) is 3. The third-order valence-corrected chi connectivity index (χ3v) is 6.52. The minimum Gasteiger partial charge on any atom is -0.383 e. The normalized spacial score (nSPS) is 11.6. The number of benzene rings is 1. The van der Waals surface area contributed by atoms with Crippen LogP contribution in [0.5, 0.6) is 0 Å². The fraction of sp³-hybridized carbons (Fsp3) is 0.0667. The second-order valence-electron chi connectivity index (χ2n) is 4.05. The van der Waals surface area contributed by atoms with Crippen molar-refractivity contribution in [2.45, 2.75) is 6.10 Å². The predicted molar refractivity (Wildman–Crippen MR) is 102 cm³/mol. The molecule has 0 aliphatic heterocycles. The summed E-state index contributed by atoms with van der Waals surface area (Å²) in [5.41, 5.74) is 0.932. The summed E-state index contributed by atoms with van der Waals surface area (Å²) in [6.07, 6.45) is -0.507. The average molecular weight is 511 g/mol. The number of aliphatic hydroxyl groups is 1. The highest BCUT2D eigenvalue weighted by molar-refractivity contribution is 9.11. The lowest BCUT2D eigenvalue weighted by atomic mass is 10.1. The van der Waals surface area contributed by atoms with E-state index in [1.165, 1.54) is 3.79 Å². The summed E-state index contributed by atoms with van der Waals surface area (Å²) in [7, 11) is 0. The summed E-state index contributed by atoms with van der Waals surface area (Å²) < 4.78 is 3.33. The van der Waals surface area contributed by atoms with E-state index in [4.69, 9.17) is 0 Å². The maximum Gasteiger partial charge on any atom is 0.113 e. The molecule has 1 N–H and O–H groups in total. The van der Waals surface area contributed by atoms with E-state index in [-0.39, 0.29) is 0 Å². The van der Waals surface area contributed by atoms with Crippen molar-refractivity contribution in [3.05, 3.63) is 76.4 Å². The fourth-order valence-corrected chi connectivity index (χ4v) is 5.00. The monoisotopic (exact) mass is 508 g/mol. The summed E-state index contributed by atoms with van der Waals surface area (Å²) in [5, 5.41) is 14.0. The highest BCUT2D eigenvalue weighted by Gasteiger charge is 2.11. The van der Waals surface area contributed by atoms with Crippen LogP contribution in [0.25, 0.3) is 0 Å². The summed E-state index contributed by atoms with van der Waals surface area (Å²) in [5.74, 6) is 0. The second-order valence-corrected chi connectivity index (χ2v) is 9.11. The van der Waals surface area contributed by atoms with Crippen LogP contribution in [0.3, 0.4) is 0 Å². The molecule has 0 amide bonds. The number of hydrogen-bond donors (Lipinski definition) is 1. The van der Waals surface area contributed by atoms with Crippen molar-refractivity contribution in [1.82, 2.24) is 0 Å². The molecule has 3 aromatic rings. The molecule has 2 aromatic heterocycles. The van der Waals surface area contributed by atoms with Gasteiger partial charge < -0.3 is 5.11 Å². The van der Waals surface area contributed by atoms with E-state index < -0.39 is 6.10 Å². The highest BCUT2D eigenvalue weighted by Crippen LogP contribution is 2.29. The Hall–Kier alpha value is 0.0200. The van der Waals surface area contributed by atoms with Crippen LogP contribution < -0.4 is 0 Å². The van der Waals surface area contributed by atoms with Crippen molar-refractivity contribution < 1.29 is 5.11 Å². The van der Waals surface area contributed by atoms with Gasteiger partial charge in [-0.3, -0.25) is 0 Å². The van der Waals surface area contributed by atoms with Crippen molar-refractivity contribution in [3.63, 3.8) is 0 Å². The largest absolute Gasteiger partial charge is 0.383 e. The van der Waals surface area contributed by atoms with E-state index in [0.717, 1.165) is 19.4 Å². The van der Waals surface area contributed by atoms with Crippen LogP contribution >= 0.6 is 70.5 Å². The van der Waals surface area contributed by atoms with Gasteiger partial charge in [-0.25, -0.2) is 0 Å². The van der Waals surface area contributed by atoms with E-state index in [1.54, 1.807) is 22.7 Å². The van der Waals surface area contributed by atoms with Gasteiger partial charge in [-0.15, -0.1) is 22.7 Å². The molecule has 1 nitrogen and oxygen atoms in total. The number of rotatable bonds is 2. The molecule has 0 radical (unpaired) electrons. The van der Waals surface area contributed by atoms with Gasteiger partial charge in [0.15, 0.2) is 0 Å². The standard InChI is InChI=1S/C11H9BrOS.C4H2Br2S/c12-9-6-10(14-7-9)11(13)8-4-2-1-3-5-8;5-3-1-4(6)7-2-3/h1-7,11,13H;1-2H. The molecule has 6 heteroatoms. The molecule has 3 rings (SSSR count). The van der Waals surface area contributed by atoms with Crippen molar-refractivity contribution in [3.8, 4) is 0 Å². The smallest absolute Gasteiger partial charge is 0.113 e. The molecule has 1 atom stereocenters. The molecule has 0 aliphatic rings. The highest BCUT2D eigenvalue weighted by atomic mass is 79.9. The van der Waals surface area contributed by atoms with Gasteiger partial charge in [-0.1, -0.05) is 30.3 Å². The lowest BCUT2D eigenvalue weighted by molar-refractivity contribution is 0.224. The van der Waals surface area contributed by atoms with Gasteiger partial charge in [-0.05, 0) is 65.5 Å². The molecule has 0 saturated carbocycles. The Labute approximate surface area is 157 Å². The Morgan fingerprint density at radius 1 is 0.857 bits per heavy atom. The Balaban J connectivity index is 0.000000194. The zero-order valence-electron chi connectivity index (χ0n) is 10.7. The summed E-state index contributed by atoms with van der Waals surface area (Å²) >= 11 is 13.2. The van der Waals surface area contributed by atoms with Crippen LogP contribution in [0.2, 0.25) is 0 Å². The van der Waals surface area contributed by atoms with E-state index in [2.05, 4.69) is 47.8 Å². The third kappa shape index (κ3) is 5.62. The molecule has 21 heavy (non-hydrogen) atoms. The average Bonchev–Trinajstić information content (AvgIpc) is 3.08. The van der Waals surface area contributed by atoms with Gasteiger partial charge in [-0.2, -0.15) is 0 Å². The zero-order chi connectivity index (χ0) is 15.2. The van der Waals surface area contributed by atoms with Crippen molar-refractivity contribution in [1.29, 1.82) is 0 Å². The lowest BCUT2D eigenvalue weighted by Gasteiger charge is -2.07. The summed E-state index contributed by atoms with van der Waals surface area (Å²) in [6, 6.07) is 13.6. The first-order chi connectivity index (χ1) is 10.1. The van der Waals surface area contributed by atoms with Gasteiger partial charge in [0.25, 0.3) is 0 Å². The molecular formula is C15H11Br3OS2. The SMILES string of the molecule is Brc1csc(Br)c1.OC(c1ccccc1)c1cc(Br)cs1. The molecule has 2 heterocycles. The van der Waals surface area contributed by atoms with Crippen molar-refractivity contribution in [2.75, 3.05) is 0 Å². The first-order valence-electron chi connectivity index (χ1n) is 5.92. The first kappa shape index (κ1) is 17.4. The number of thiophene rings is 2. The van der Waals surface area contributed by atoms with E-state index >= 15 is 0 Å². The van der Waals surface area contributed by atoms with Crippen LogP contribution in [0.4, 0.5) is 0 Å². The third-order valence-electron chi connectivity index (χ3n) is 2.51. The fourth-order valence-electron chi connectivity index (χ4n) is 1.56. The maximum atomic E-state index is 9.99. The van der Waals surface area contributed by atoms with E-state index in [1.807, 2.05) is 53.2 Å². The summed E-state index contributed by atoms with van der Waals surface area (Å²) in [6.45, 7) is 0. The van der Waals surface area contributed by atoms with Gasteiger partial charge in [0, 0.05) is 24.6 Å². The van der Waals surface area contributed by atoms with Gasteiger partial charge >= 0.3 is 0 Å². The zero-order valence-corrected chi connectivity index (χ0v) is 17.1. The van der Waals surface area contributed by atoms with Crippen molar-refractivity contribution >= 4 is 70.5 Å². The van der Waals surface area contributed by atoms with Crippen LogP contribution in [-0.2, 0) is 0 Å². The summed E-state index contributed by atoms with van der Waals surface area (Å²) in [4.78, 5) is 0.961. The molecule has 0 spiro atoms. The molecule has 0 saturated heterocycles. The number of halogens is 3. The Kier molecular flexibility index (Phi) is 7.12. The minimum absolute atomic E-state index is 0.507. The van der Waals surface area contributed by atoms with E-state index in [9.17, 15) is 5.11 Å². The topological polar surface area (TPSA) is 20.2 Å². The molecule has 1 unspecified atom stereocenters. The first-order valence-corrected chi connectivity index (χ1v) is 10.1. The van der Waals surface area contributed by atoms with Crippen molar-refractivity contribution in [2.24, 2.45) is 0 Å². The second kappa shape index (κ2) is 8.60.